The molecular formula is C11H19NO. The van der Waals surface area contributed by atoms with Crippen molar-refractivity contribution in [1.82, 2.24) is 5.32 Å². The summed E-state index contributed by atoms with van der Waals surface area (Å²) >= 11 is 0. The topological polar surface area (TPSA) is 29.1 Å². The third kappa shape index (κ3) is 5.23. The number of nitrogens with one attached hydrogen (secondary N) is 1. The van der Waals surface area contributed by atoms with Crippen LogP contribution in [0.15, 0.2) is 23.4 Å². The minimum Gasteiger partial charge on any atom is -0.330 e. The molecule has 1 rings (SSSR count). The second-order valence-corrected chi connectivity index (χ2v) is 2.89. The molecule has 0 saturated carbocycles. The molecule has 2 heteroatoms. The molecule has 0 aliphatic heterocycles. The van der Waals surface area contributed by atoms with E-state index in [1.807, 2.05) is 19.9 Å². The first-order valence-corrected chi connectivity index (χ1v) is 4.82. The van der Waals surface area contributed by atoms with Gasteiger partial charge in [-0.2, -0.15) is 0 Å². The average molecular weight is 181 g/mol. The van der Waals surface area contributed by atoms with Gasteiger partial charge < -0.3 is 5.32 Å². The minimum absolute atomic E-state index is 0.0178. The van der Waals surface area contributed by atoms with Crippen molar-refractivity contribution < 1.29 is 4.79 Å². The molecule has 1 N–H and O–H groups in total. The monoisotopic (exact) mass is 181 g/mol. The van der Waals surface area contributed by atoms with Crippen LogP contribution in [-0.4, -0.2) is 5.91 Å². The summed E-state index contributed by atoms with van der Waals surface area (Å²) in [5.41, 5.74) is 2.40. The number of allylic oxidation sites excluding steroid dienone is 4. The Morgan fingerprint density at radius 1 is 1.31 bits per heavy atom. The molecule has 0 radical (unpaired) electrons. The molecule has 74 valence electrons. The maximum absolute atomic E-state index is 10.6. The molecule has 0 aromatic rings. The molecule has 0 bridgehead atoms. The summed E-state index contributed by atoms with van der Waals surface area (Å²) in [6, 6.07) is 0. The van der Waals surface area contributed by atoms with Gasteiger partial charge >= 0.3 is 0 Å². The van der Waals surface area contributed by atoms with Gasteiger partial charge in [0.15, 0.2) is 0 Å². The SMILES string of the molecule is CC.CC(=O)NC1=CC=C(C)CC1. The fourth-order valence-corrected chi connectivity index (χ4v) is 1.07. The van der Waals surface area contributed by atoms with E-state index >= 15 is 0 Å². The number of carbonyl (C=O) groups excluding carboxylic acids is 1. The first-order valence-electron chi connectivity index (χ1n) is 4.82. The molecule has 0 unspecified atom stereocenters. The average Bonchev–Trinajstić information content (AvgIpc) is 2.12. The van der Waals surface area contributed by atoms with Crippen LogP contribution in [0.25, 0.3) is 0 Å². The Labute approximate surface area is 80.7 Å². The largest absolute Gasteiger partial charge is 0.330 e. The van der Waals surface area contributed by atoms with Crippen LogP contribution in [-0.2, 0) is 4.79 Å². The first kappa shape index (κ1) is 11.9. The van der Waals surface area contributed by atoms with E-state index in [-0.39, 0.29) is 5.91 Å². The van der Waals surface area contributed by atoms with E-state index in [0.29, 0.717) is 0 Å². The van der Waals surface area contributed by atoms with Gasteiger partial charge in [-0.1, -0.05) is 25.5 Å². The predicted octanol–water partition coefficient (Wildman–Crippen LogP) is 2.77. The fourth-order valence-electron chi connectivity index (χ4n) is 1.07. The standard InChI is InChI=1S/C9H13NO.C2H6/c1-7-3-5-9(6-4-7)10-8(2)11;1-2/h3,5H,4,6H2,1-2H3,(H,10,11);1-2H3. The summed E-state index contributed by atoms with van der Waals surface area (Å²) in [5, 5.41) is 2.78. The third-order valence-corrected chi connectivity index (χ3v) is 1.69. The summed E-state index contributed by atoms with van der Waals surface area (Å²) < 4.78 is 0. The molecule has 1 amide bonds. The lowest BCUT2D eigenvalue weighted by Gasteiger charge is -2.11. The van der Waals surface area contributed by atoms with E-state index in [1.165, 1.54) is 12.5 Å². The molecule has 0 fully saturated rings. The van der Waals surface area contributed by atoms with Gasteiger partial charge in [0.1, 0.15) is 0 Å². The van der Waals surface area contributed by atoms with Gasteiger partial charge in [-0.3, -0.25) is 4.79 Å². The summed E-state index contributed by atoms with van der Waals surface area (Å²) in [6.45, 7) is 7.63. The van der Waals surface area contributed by atoms with Gasteiger partial charge in [-0.05, 0) is 25.8 Å². The highest BCUT2D eigenvalue weighted by Gasteiger charge is 2.03. The van der Waals surface area contributed by atoms with E-state index in [1.54, 1.807) is 0 Å². The number of hydrogen-bond donors (Lipinski definition) is 1. The Bertz CT molecular complexity index is 226. The maximum atomic E-state index is 10.6. The van der Waals surface area contributed by atoms with E-state index in [0.717, 1.165) is 18.5 Å². The Kier molecular flexibility index (Phi) is 5.94. The summed E-state index contributed by atoms with van der Waals surface area (Å²) in [7, 11) is 0. The van der Waals surface area contributed by atoms with Crippen molar-refractivity contribution in [2.45, 2.75) is 40.5 Å². The lowest BCUT2D eigenvalue weighted by Crippen LogP contribution is -2.19. The van der Waals surface area contributed by atoms with Gasteiger partial charge in [-0.25, -0.2) is 0 Å². The van der Waals surface area contributed by atoms with Crippen molar-refractivity contribution in [2.75, 3.05) is 0 Å². The van der Waals surface area contributed by atoms with Gasteiger partial charge in [0.05, 0.1) is 0 Å². The molecule has 2 nitrogen and oxygen atoms in total. The smallest absolute Gasteiger partial charge is 0.220 e. The normalized spacial score (nSPS) is 14.8. The zero-order valence-corrected chi connectivity index (χ0v) is 8.98. The summed E-state index contributed by atoms with van der Waals surface area (Å²) in [4.78, 5) is 10.6. The minimum atomic E-state index is 0.0178. The van der Waals surface area contributed by atoms with E-state index in [4.69, 9.17) is 0 Å². The van der Waals surface area contributed by atoms with Crippen LogP contribution in [0.2, 0.25) is 0 Å². The Morgan fingerprint density at radius 3 is 2.31 bits per heavy atom. The van der Waals surface area contributed by atoms with E-state index < -0.39 is 0 Å². The maximum Gasteiger partial charge on any atom is 0.220 e. The second kappa shape index (κ2) is 6.46. The zero-order valence-electron chi connectivity index (χ0n) is 8.98. The van der Waals surface area contributed by atoms with Gasteiger partial charge in [0.25, 0.3) is 0 Å². The molecule has 13 heavy (non-hydrogen) atoms. The quantitative estimate of drug-likeness (QED) is 0.662. The van der Waals surface area contributed by atoms with Crippen molar-refractivity contribution >= 4 is 5.91 Å². The predicted molar refractivity (Wildman–Crippen MR) is 56.2 cm³/mol. The summed E-state index contributed by atoms with van der Waals surface area (Å²) in [6.07, 6.45) is 6.04. The van der Waals surface area contributed by atoms with E-state index in [9.17, 15) is 4.79 Å². The van der Waals surface area contributed by atoms with Crippen molar-refractivity contribution in [3.8, 4) is 0 Å². The van der Waals surface area contributed by atoms with Crippen molar-refractivity contribution in [2.24, 2.45) is 0 Å². The first-order chi connectivity index (χ1) is 6.18. The Morgan fingerprint density at radius 2 is 1.92 bits per heavy atom. The zero-order chi connectivity index (χ0) is 10.3. The molecule has 0 aromatic heterocycles. The van der Waals surface area contributed by atoms with Crippen LogP contribution in [0, 0.1) is 0 Å². The van der Waals surface area contributed by atoms with Crippen molar-refractivity contribution in [1.29, 1.82) is 0 Å². The Hall–Kier alpha value is -1.05. The molecular weight excluding hydrogens is 162 g/mol. The van der Waals surface area contributed by atoms with Gasteiger partial charge in [0.2, 0.25) is 5.91 Å². The van der Waals surface area contributed by atoms with Crippen LogP contribution in [0.3, 0.4) is 0 Å². The van der Waals surface area contributed by atoms with Crippen LogP contribution in [0.1, 0.15) is 40.5 Å². The van der Waals surface area contributed by atoms with Crippen molar-refractivity contribution in [3.05, 3.63) is 23.4 Å². The molecule has 0 saturated heterocycles. The van der Waals surface area contributed by atoms with Crippen LogP contribution >= 0.6 is 0 Å². The molecule has 0 aromatic carbocycles. The third-order valence-electron chi connectivity index (χ3n) is 1.69. The van der Waals surface area contributed by atoms with Crippen LogP contribution in [0.5, 0.6) is 0 Å². The Balaban J connectivity index is 0.000000671. The highest BCUT2D eigenvalue weighted by molar-refractivity contribution is 5.75. The number of hydrogen-bond acceptors (Lipinski definition) is 1. The lowest BCUT2D eigenvalue weighted by atomic mass is 10.0. The molecule has 1 aliphatic carbocycles. The molecule has 1 aliphatic rings. The van der Waals surface area contributed by atoms with Crippen molar-refractivity contribution in [3.63, 3.8) is 0 Å². The fraction of sp³-hybridized carbons (Fsp3) is 0.545. The highest BCUT2D eigenvalue weighted by Crippen LogP contribution is 2.15. The molecule has 0 heterocycles. The van der Waals surface area contributed by atoms with E-state index in [2.05, 4.69) is 18.3 Å². The number of carbonyl (C=O) groups is 1. The van der Waals surface area contributed by atoms with Gasteiger partial charge in [-0.15, -0.1) is 0 Å². The molecule has 0 atom stereocenters. The lowest BCUT2D eigenvalue weighted by molar-refractivity contribution is -0.118. The number of amides is 1. The molecule has 0 spiro atoms. The summed E-state index contributed by atoms with van der Waals surface area (Å²) in [5.74, 6) is 0.0178. The van der Waals surface area contributed by atoms with Gasteiger partial charge in [0, 0.05) is 12.6 Å². The number of rotatable bonds is 1. The van der Waals surface area contributed by atoms with Crippen LogP contribution < -0.4 is 5.32 Å². The second-order valence-electron chi connectivity index (χ2n) is 2.89. The highest BCUT2D eigenvalue weighted by atomic mass is 16.1. The van der Waals surface area contributed by atoms with Crippen LogP contribution in [0.4, 0.5) is 0 Å².